The molecule has 0 saturated carbocycles. The Morgan fingerprint density at radius 2 is 1.34 bits per heavy atom. The molecule has 1 fully saturated rings. The molecule has 0 amide bonds. The first-order chi connectivity index (χ1) is 14.0. The second kappa shape index (κ2) is 8.89. The SMILES string of the molecule is CC1=C[P@@](c2ccccc2)[C@H]2[C@@H]3C(C)=C(C)[C@@H]([P@]3c3ccccc3)[C@@]12C.[Cl][Pt][Cl]. The summed E-state index contributed by atoms with van der Waals surface area (Å²) in [7, 11) is 9.37. The third-order valence-electron chi connectivity index (χ3n) is 7.13. The van der Waals surface area contributed by atoms with Gasteiger partial charge in [-0.15, -0.1) is 0 Å². The van der Waals surface area contributed by atoms with Crippen molar-refractivity contribution in [1.82, 2.24) is 0 Å². The molecule has 0 spiro atoms. The van der Waals surface area contributed by atoms with Crippen molar-refractivity contribution in [3.63, 3.8) is 0 Å². The Bertz CT molecular complexity index is 944. The van der Waals surface area contributed by atoms with Crippen LogP contribution in [0.5, 0.6) is 0 Å². The number of allylic oxidation sites excluding steroid dienone is 3. The van der Waals surface area contributed by atoms with Crippen molar-refractivity contribution >= 4 is 45.3 Å². The molecule has 6 atom stereocenters. The first-order valence-electron chi connectivity index (χ1n) is 9.82. The predicted molar refractivity (Wildman–Crippen MR) is 129 cm³/mol. The van der Waals surface area contributed by atoms with Crippen LogP contribution in [0.3, 0.4) is 0 Å². The molecule has 0 aliphatic carbocycles. The Morgan fingerprint density at radius 1 is 0.828 bits per heavy atom. The van der Waals surface area contributed by atoms with Crippen molar-refractivity contribution in [2.45, 2.75) is 44.7 Å². The van der Waals surface area contributed by atoms with Gasteiger partial charge in [-0.25, -0.2) is 0 Å². The Balaban J connectivity index is 0.000000645. The number of hydrogen-bond acceptors (Lipinski definition) is 0. The van der Waals surface area contributed by atoms with Gasteiger partial charge in [-0.3, -0.25) is 0 Å². The van der Waals surface area contributed by atoms with E-state index in [4.69, 9.17) is 18.8 Å². The van der Waals surface area contributed by atoms with Crippen LogP contribution in [0.15, 0.2) is 83.2 Å². The van der Waals surface area contributed by atoms with Crippen LogP contribution in [0, 0.1) is 5.41 Å². The molecule has 5 rings (SSSR count). The van der Waals surface area contributed by atoms with Gasteiger partial charge in [-0.1, -0.05) is 98.0 Å². The van der Waals surface area contributed by atoms with Gasteiger partial charge in [0.25, 0.3) is 0 Å². The Morgan fingerprint density at radius 3 is 1.90 bits per heavy atom. The fourth-order valence-corrected chi connectivity index (χ4v) is 14.2. The number of halogens is 2. The second-order valence-electron chi connectivity index (χ2n) is 8.28. The van der Waals surface area contributed by atoms with E-state index < -0.39 is 16.5 Å². The van der Waals surface area contributed by atoms with Crippen LogP contribution >= 0.6 is 34.7 Å². The third-order valence-corrected chi connectivity index (χ3v) is 14.0. The molecular formula is C24H26Cl2P2Pt. The Labute approximate surface area is 194 Å². The topological polar surface area (TPSA) is 0 Å². The molecule has 2 aromatic carbocycles. The van der Waals surface area contributed by atoms with E-state index in [0.717, 1.165) is 17.0 Å². The van der Waals surface area contributed by atoms with Gasteiger partial charge in [-0.05, 0) is 39.3 Å². The summed E-state index contributed by atoms with van der Waals surface area (Å²) in [6.07, 6.45) is 0. The quantitative estimate of drug-likeness (QED) is 0.237. The number of fused-ring (bicyclic) bond motifs is 5. The summed E-state index contributed by atoms with van der Waals surface area (Å²) in [4.78, 5) is 0. The zero-order valence-electron chi connectivity index (χ0n) is 17.0. The van der Waals surface area contributed by atoms with E-state index >= 15 is 0 Å². The molecule has 0 N–H and O–H groups in total. The van der Waals surface area contributed by atoms with Gasteiger partial charge in [0.05, 0.1) is 0 Å². The van der Waals surface area contributed by atoms with Crippen molar-refractivity contribution in [2.24, 2.45) is 5.41 Å². The average molecular weight is 642 g/mol. The van der Waals surface area contributed by atoms with E-state index in [2.05, 4.69) is 94.2 Å². The molecular weight excluding hydrogens is 616 g/mol. The summed E-state index contributed by atoms with van der Waals surface area (Å²) in [6, 6.07) is 22.7. The fourth-order valence-electron chi connectivity index (χ4n) is 5.71. The third kappa shape index (κ3) is 3.47. The van der Waals surface area contributed by atoms with Crippen molar-refractivity contribution in [3.05, 3.63) is 83.2 Å². The molecule has 0 nitrogen and oxygen atoms in total. The molecule has 0 radical (unpaired) electrons. The normalized spacial score (nSPS) is 34.7. The van der Waals surface area contributed by atoms with Gasteiger partial charge < -0.3 is 0 Å². The predicted octanol–water partition coefficient (Wildman–Crippen LogP) is 7.37. The minimum absolute atomic E-state index is 0.154. The molecule has 1 saturated heterocycles. The zero-order valence-corrected chi connectivity index (χ0v) is 22.6. The van der Waals surface area contributed by atoms with Gasteiger partial charge >= 0.3 is 35.3 Å². The Kier molecular flexibility index (Phi) is 6.82. The van der Waals surface area contributed by atoms with Crippen LogP contribution in [-0.2, 0) is 16.5 Å². The summed E-state index contributed by atoms with van der Waals surface area (Å²) in [6.45, 7) is 9.87. The van der Waals surface area contributed by atoms with Crippen LogP contribution in [0.1, 0.15) is 27.7 Å². The van der Waals surface area contributed by atoms with Crippen molar-refractivity contribution in [2.75, 3.05) is 0 Å². The van der Waals surface area contributed by atoms with E-state index in [0.29, 0.717) is 5.41 Å². The summed E-state index contributed by atoms with van der Waals surface area (Å²) in [5.41, 5.74) is 7.66. The van der Waals surface area contributed by atoms with Gasteiger partial charge in [0.1, 0.15) is 0 Å². The first-order valence-corrected chi connectivity index (χ1v) is 18.4. The average Bonchev–Trinajstić information content (AvgIpc) is 3.27. The molecule has 3 aliphatic heterocycles. The van der Waals surface area contributed by atoms with Gasteiger partial charge in [0, 0.05) is 22.4 Å². The number of hydrogen-bond donors (Lipinski definition) is 0. The standard InChI is InChI=1S/C24H26P2.2ClH.Pt/c1-16-15-25(19-11-7-5-8-12-19)23-21-17(2)18(3)22(24(16,23)4)26(21)20-13-9-6-10-14-20;;;/h5-15,21-23H,1-4H3;2*1H;/q;;;+2/p-2/t21-,22+,23-,24+,25-,26+;;;/m0.../s1. The van der Waals surface area contributed by atoms with Crippen LogP contribution in [0.25, 0.3) is 0 Å². The monoisotopic (exact) mass is 641 g/mol. The van der Waals surface area contributed by atoms with Gasteiger partial charge in [0.15, 0.2) is 0 Å². The number of benzene rings is 2. The molecule has 5 heteroatoms. The van der Waals surface area contributed by atoms with Crippen molar-refractivity contribution in [3.8, 4) is 0 Å². The van der Waals surface area contributed by atoms with Crippen molar-refractivity contribution < 1.29 is 16.5 Å². The number of rotatable bonds is 2. The molecule has 156 valence electrons. The summed E-state index contributed by atoms with van der Waals surface area (Å²) in [5, 5.41) is 3.18. The van der Waals surface area contributed by atoms with Gasteiger partial charge in [-0.2, -0.15) is 0 Å². The van der Waals surface area contributed by atoms with E-state index in [1.54, 1.807) is 27.3 Å². The van der Waals surface area contributed by atoms with E-state index in [-0.39, 0.29) is 15.8 Å². The van der Waals surface area contributed by atoms with Crippen LogP contribution in [0.2, 0.25) is 0 Å². The first kappa shape index (κ1) is 22.2. The van der Waals surface area contributed by atoms with Gasteiger partial charge in [0.2, 0.25) is 0 Å². The maximum atomic E-state index is 4.88. The van der Waals surface area contributed by atoms with Crippen LogP contribution in [-0.4, -0.2) is 17.0 Å². The summed E-state index contributed by atoms with van der Waals surface area (Å²) >= 11 is -0.472. The second-order valence-corrected chi connectivity index (χ2v) is 16.1. The summed E-state index contributed by atoms with van der Waals surface area (Å²) < 4.78 is 0. The minimum atomic E-state index is -0.472. The Hall–Kier alpha value is 0.0483. The van der Waals surface area contributed by atoms with E-state index in [1.165, 1.54) is 0 Å². The zero-order chi connectivity index (χ0) is 20.8. The maximum absolute atomic E-state index is 4.88. The van der Waals surface area contributed by atoms with Crippen LogP contribution in [0.4, 0.5) is 0 Å². The molecule has 3 heterocycles. The van der Waals surface area contributed by atoms with Crippen LogP contribution < -0.4 is 10.6 Å². The molecule has 0 unspecified atom stereocenters. The summed E-state index contributed by atoms with van der Waals surface area (Å²) in [5.74, 6) is 2.67. The molecule has 3 aliphatic rings. The molecule has 2 aromatic rings. The van der Waals surface area contributed by atoms with E-state index in [1.807, 2.05) is 0 Å². The van der Waals surface area contributed by atoms with E-state index in [9.17, 15) is 0 Å². The van der Waals surface area contributed by atoms with Crippen molar-refractivity contribution in [1.29, 1.82) is 0 Å². The fraction of sp³-hybridized carbons (Fsp3) is 0.333. The molecule has 0 aromatic heterocycles. The molecule has 2 bridgehead atoms. The molecule has 29 heavy (non-hydrogen) atoms.